The fraction of sp³-hybridized carbons (Fsp3) is 0.200. The van der Waals surface area contributed by atoms with Gasteiger partial charge in [-0.05, 0) is 42.5 Å². The maximum atomic E-state index is 11.9. The third-order valence-electron chi connectivity index (χ3n) is 2.89. The quantitative estimate of drug-likeness (QED) is 0.817. The molecule has 2 aromatic heterocycles. The Balaban J connectivity index is 2.12. The van der Waals surface area contributed by atoms with Gasteiger partial charge in [-0.3, -0.25) is 4.79 Å². The van der Waals surface area contributed by atoms with Crippen LogP contribution in [-0.2, 0) is 11.2 Å². The first kappa shape index (κ1) is 15.5. The van der Waals surface area contributed by atoms with Gasteiger partial charge in [0.05, 0.1) is 5.56 Å². The molecule has 0 radical (unpaired) electrons. The Morgan fingerprint density at radius 3 is 2.76 bits per heavy atom. The van der Waals surface area contributed by atoms with Gasteiger partial charge in [-0.15, -0.1) is 22.7 Å². The summed E-state index contributed by atoms with van der Waals surface area (Å²) in [5.41, 5.74) is 1.26. The van der Waals surface area contributed by atoms with E-state index in [0.717, 1.165) is 21.7 Å². The maximum Gasteiger partial charge on any atom is 0.338 e. The first-order chi connectivity index (χ1) is 10.0. The van der Waals surface area contributed by atoms with Crippen LogP contribution in [0.4, 0.5) is 5.00 Å². The number of hydrogen-bond donors (Lipinski definition) is 2. The highest BCUT2D eigenvalue weighted by Crippen LogP contribution is 2.28. The lowest BCUT2D eigenvalue weighted by molar-refractivity contribution is -0.111. The van der Waals surface area contributed by atoms with E-state index < -0.39 is 5.97 Å². The molecule has 0 aliphatic rings. The number of hydrogen-bond acceptors (Lipinski definition) is 4. The van der Waals surface area contributed by atoms with E-state index in [4.69, 9.17) is 5.11 Å². The molecule has 1 amide bonds. The van der Waals surface area contributed by atoms with Gasteiger partial charge in [-0.2, -0.15) is 0 Å². The van der Waals surface area contributed by atoms with E-state index in [1.54, 1.807) is 23.5 Å². The summed E-state index contributed by atoms with van der Waals surface area (Å²) in [5, 5.41) is 14.1. The largest absolute Gasteiger partial charge is 0.478 e. The molecule has 2 heterocycles. The molecule has 110 valence electrons. The lowest BCUT2D eigenvalue weighted by Crippen LogP contribution is -2.09. The molecule has 0 atom stereocenters. The molecule has 0 unspecified atom stereocenters. The van der Waals surface area contributed by atoms with Crippen LogP contribution in [-0.4, -0.2) is 17.0 Å². The average molecular weight is 321 g/mol. The summed E-state index contributed by atoms with van der Waals surface area (Å²) in [6.07, 6.45) is 3.91. The first-order valence-corrected chi connectivity index (χ1v) is 8.10. The number of carboxylic acids is 1. The number of aryl methyl sites for hydroxylation is 2. The maximum absolute atomic E-state index is 11.9. The van der Waals surface area contributed by atoms with Crippen LogP contribution in [0.1, 0.15) is 32.6 Å². The summed E-state index contributed by atoms with van der Waals surface area (Å²) in [5.74, 6) is -1.35. The molecule has 0 fully saturated rings. The van der Waals surface area contributed by atoms with Crippen LogP contribution in [0.2, 0.25) is 0 Å². The zero-order valence-corrected chi connectivity index (χ0v) is 13.3. The normalized spacial score (nSPS) is 11.0. The van der Waals surface area contributed by atoms with Gasteiger partial charge in [-0.1, -0.05) is 6.92 Å². The molecule has 0 spiro atoms. The van der Waals surface area contributed by atoms with Crippen molar-refractivity contribution < 1.29 is 14.7 Å². The van der Waals surface area contributed by atoms with Gasteiger partial charge in [-0.25, -0.2) is 4.79 Å². The van der Waals surface area contributed by atoms with Crippen molar-refractivity contribution in [2.24, 2.45) is 0 Å². The standard InChI is InChI=1S/C15H15NO3S2/c1-3-10-8-11(15(18)19)14(21-10)16-13(17)5-4-12-9(2)6-7-20-12/h4-8H,3H2,1-2H3,(H,16,17)(H,18,19). The van der Waals surface area contributed by atoms with Gasteiger partial charge < -0.3 is 10.4 Å². The fourth-order valence-corrected chi connectivity index (χ4v) is 3.54. The molecule has 0 saturated heterocycles. The second kappa shape index (κ2) is 6.69. The van der Waals surface area contributed by atoms with Crippen LogP contribution in [0.5, 0.6) is 0 Å². The van der Waals surface area contributed by atoms with Gasteiger partial charge in [0.2, 0.25) is 5.91 Å². The molecule has 0 bridgehead atoms. The third-order valence-corrected chi connectivity index (χ3v) is 5.07. The minimum atomic E-state index is -1.03. The van der Waals surface area contributed by atoms with E-state index in [1.165, 1.54) is 17.4 Å². The number of rotatable bonds is 5. The number of amides is 1. The van der Waals surface area contributed by atoms with Crippen molar-refractivity contribution in [3.63, 3.8) is 0 Å². The van der Waals surface area contributed by atoms with Crippen molar-refractivity contribution >= 4 is 45.6 Å². The Hall–Kier alpha value is -1.92. The summed E-state index contributed by atoms with van der Waals surface area (Å²) in [7, 11) is 0. The lowest BCUT2D eigenvalue weighted by atomic mass is 10.2. The van der Waals surface area contributed by atoms with Gasteiger partial charge in [0, 0.05) is 15.8 Å². The Morgan fingerprint density at radius 2 is 2.19 bits per heavy atom. The van der Waals surface area contributed by atoms with Gasteiger partial charge in [0.25, 0.3) is 0 Å². The van der Waals surface area contributed by atoms with Gasteiger partial charge >= 0.3 is 5.97 Å². The number of anilines is 1. The molecule has 2 rings (SSSR count). The van der Waals surface area contributed by atoms with Crippen molar-refractivity contribution in [2.75, 3.05) is 5.32 Å². The third kappa shape index (κ3) is 3.80. The summed E-state index contributed by atoms with van der Waals surface area (Å²) < 4.78 is 0. The molecule has 4 nitrogen and oxygen atoms in total. The van der Waals surface area contributed by atoms with Crippen molar-refractivity contribution in [1.29, 1.82) is 0 Å². The van der Waals surface area contributed by atoms with E-state index >= 15 is 0 Å². The van der Waals surface area contributed by atoms with Crippen molar-refractivity contribution in [3.8, 4) is 0 Å². The smallest absolute Gasteiger partial charge is 0.338 e. The number of aromatic carboxylic acids is 1. The molecular weight excluding hydrogens is 306 g/mol. The number of carboxylic acid groups (broad SMARTS) is 1. The van der Waals surface area contributed by atoms with E-state index in [1.807, 2.05) is 25.3 Å². The molecule has 0 aliphatic carbocycles. The summed E-state index contributed by atoms with van der Waals surface area (Å²) in [6, 6.07) is 3.59. The van der Waals surface area contributed by atoms with Crippen LogP contribution in [0, 0.1) is 6.92 Å². The fourth-order valence-electron chi connectivity index (χ4n) is 1.73. The first-order valence-electron chi connectivity index (χ1n) is 6.40. The van der Waals surface area contributed by atoms with Crippen molar-refractivity contribution in [1.82, 2.24) is 0 Å². The summed E-state index contributed by atoms with van der Waals surface area (Å²) in [6.45, 7) is 3.92. The molecule has 2 aromatic rings. The molecular formula is C15H15NO3S2. The highest BCUT2D eigenvalue weighted by Gasteiger charge is 2.15. The molecule has 21 heavy (non-hydrogen) atoms. The van der Waals surface area contributed by atoms with Crippen LogP contribution < -0.4 is 5.32 Å². The Kier molecular flexibility index (Phi) is 4.93. The minimum Gasteiger partial charge on any atom is -0.478 e. The molecule has 2 N–H and O–H groups in total. The number of carbonyl (C=O) groups is 2. The van der Waals surface area contributed by atoms with Crippen LogP contribution >= 0.6 is 22.7 Å². The van der Waals surface area contributed by atoms with Crippen molar-refractivity contribution in [3.05, 3.63) is 44.5 Å². The van der Waals surface area contributed by atoms with E-state index in [2.05, 4.69) is 5.32 Å². The lowest BCUT2D eigenvalue weighted by Gasteiger charge is -2.00. The van der Waals surface area contributed by atoms with E-state index in [0.29, 0.717) is 5.00 Å². The van der Waals surface area contributed by atoms with Crippen LogP contribution in [0.15, 0.2) is 23.6 Å². The molecule has 6 heteroatoms. The monoisotopic (exact) mass is 321 g/mol. The molecule has 0 aromatic carbocycles. The number of thiophene rings is 2. The van der Waals surface area contributed by atoms with E-state index in [9.17, 15) is 9.59 Å². The Morgan fingerprint density at radius 1 is 1.43 bits per heavy atom. The SMILES string of the molecule is CCc1cc(C(=O)O)c(NC(=O)C=Cc2sccc2C)s1. The Labute approximate surface area is 130 Å². The van der Waals surface area contributed by atoms with Crippen LogP contribution in [0.3, 0.4) is 0 Å². The predicted octanol–water partition coefficient (Wildman–Crippen LogP) is 4.03. The molecule has 0 aliphatic heterocycles. The summed E-state index contributed by atoms with van der Waals surface area (Å²) in [4.78, 5) is 25.0. The molecule has 0 saturated carbocycles. The van der Waals surface area contributed by atoms with Gasteiger partial charge in [0.1, 0.15) is 5.00 Å². The van der Waals surface area contributed by atoms with Crippen molar-refractivity contribution in [2.45, 2.75) is 20.3 Å². The predicted molar refractivity (Wildman–Crippen MR) is 87.4 cm³/mol. The van der Waals surface area contributed by atoms with Crippen LogP contribution in [0.25, 0.3) is 6.08 Å². The second-order valence-electron chi connectivity index (χ2n) is 4.40. The second-order valence-corrected chi connectivity index (χ2v) is 6.49. The number of carbonyl (C=O) groups excluding carboxylic acids is 1. The highest BCUT2D eigenvalue weighted by molar-refractivity contribution is 7.16. The Bertz CT molecular complexity index is 698. The highest BCUT2D eigenvalue weighted by atomic mass is 32.1. The average Bonchev–Trinajstić information content (AvgIpc) is 3.02. The van der Waals surface area contributed by atoms with E-state index in [-0.39, 0.29) is 11.5 Å². The zero-order valence-electron chi connectivity index (χ0n) is 11.7. The number of nitrogens with one attached hydrogen (secondary N) is 1. The van der Waals surface area contributed by atoms with Gasteiger partial charge in [0.15, 0.2) is 0 Å². The zero-order chi connectivity index (χ0) is 15.4. The topological polar surface area (TPSA) is 66.4 Å². The summed E-state index contributed by atoms with van der Waals surface area (Å²) >= 11 is 2.85. The minimum absolute atomic E-state index is 0.144.